The van der Waals surface area contributed by atoms with Crippen LogP contribution in [0, 0.1) is 0 Å². The minimum atomic E-state index is -1.53. The molecule has 0 bridgehead atoms. The molecular weight excluding hydrogens is 390 g/mol. The van der Waals surface area contributed by atoms with Gasteiger partial charge < -0.3 is 30.1 Å². The number of hydrogen-bond acceptors (Lipinski definition) is 7. The minimum Gasteiger partial charge on any atom is -0.462 e. The summed E-state index contributed by atoms with van der Waals surface area (Å²) in [5.74, 6) is -1.38. The largest absolute Gasteiger partial charge is 0.462 e. The molecule has 1 amide bonds. The molecule has 1 fully saturated rings. The Bertz CT molecular complexity index is 693. The van der Waals surface area contributed by atoms with E-state index in [9.17, 15) is 24.9 Å². The Morgan fingerprint density at radius 2 is 1.77 bits per heavy atom. The van der Waals surface area contributed by atoms with E-state index in [1.165, 1.54) is 5.56 Å². The number of carbonyl (C=O) groups is 2. The highest BCUT2D eigenvalue weighted by atomic mass is 16.6. The number of aliphatic hydroxyl groups excluding tert-OH is 3. The number of hydrogen-bond donors (Lipinski definition) is 4. The molecule has 0 saturated carbocycles. The first-order valence-corrected chi connectivity index (χ1v) is 10.5. The maximum absolute atomic E-state index is 12.4. The second-order valence-electron chi connectivity index (χ2n) is 7.73. The number of nitrogens with one attached hydrogen (secondary N) is 1. The van der Waals surface area contributed by atoms with Crippen LogP contribution in [0.2, 0.25) is 0 Å². The smallest absolute Gasteiger partial charge is 0.313 e. The molecule has 1 aromatic rings. The average Bonchev–Trinajstić information content (AvgIpc) is 2.73. The highest BCUT2D eigenvalue weighted by Crippen LogP contribution is 2.22. The number of aliphatic hydroxyl groups is 3. The zero-order valence-electron chi connectivity index (χ0n) is 17.8. The van der Waals surface area contributed by atoms with Crippen LogP contribution in [0.5, 0.6) is 0 Å². The van der Waals surface area contributed by atoms with Crippen molar-refractivity contribution in [2.45, 2.75) is 83.0 Å². The van der Waals surface area contributed by atoms with Crippen LogP contribution in [0.4, 0.5) is 0 Å². The standard InChI is InChI=1S/C22H33NO7/c1-4-6-14-8-10-15(11-9-14)13(3)21(27)29-12-16-19(25)20(26)18(22(28)30-16)23-17(24)7-5-2/h8-11,13,16,18-20,22,25-26,28H,4-7,12H2,1-3H3,(H,23,24)/t13?,16-,18-,19-,20-,22?/m1/s1. The fourth-order valence-electron chi connectivity index (χ4n) is 3.41. The first-order chi connectivity index (χ1) is 14.3. The molecule has 6 atom stereocenters. The van der Waals surface area contributed by atoms with Crippen molar-refractivity contribution in [2.24, 2.45) is 0 Å². The van der Waals surface area contributed by atoms with Crippen LogP contribution in [0.15, 0.2) is 24.3 Å². The molecule has 4 N–H and O–H groups in total. The Labute approximate surface area is 177 Å². The monoisotopic (exact) mass is 423 g/mol. The van der Waals surface area contributed by atoms with E-state index in [2.05, 4.69) is 12.2 Å². The molecule has 0 aliphatic carbocycles. The summed E-state index contributed by atoms with van der Waals surface area (Å²) in [6.45, 7) is 5.31. The Kier molecular flexibility index (Phi) is 9.23. The fraction of sp³-hybridized carbons (Fsp3) is 0.636. The van der Waals surface area contributed by atoms with Gasteiger partial charge in [-0.25, -0.2) is 0 Å². The Balaban J connectivity index is 1.90. The quantitative estimate of drug-likeness (QED) is 0.437. The molecule has 1 saturated heterocycles. The van der Waals surface area contributed by atoms with Crippen LogP contribution in [0.1, 0.15) is 57.1 Å². The zero-order valence-corrected chi connectivity index (χ0v) is 17.8. The number of carbonyl (C=O) groups excluding carboxylic acids is 2. The van der Waals surface area contributed by atoms with Gasteiger partial charge in [0.05, 0.1) is 5.92 Å². The molecule has 1 aliphatic rings. The maximum Gasteiger partial charge on any atom is 0.313 e. The molecule has 0 radical (unpaired) electrons. The molecule has 0 spiro atoms. The number of aryl methyl sites for hydroxylation is 1. The normalized spacial score (nSPS) is 27.3. The van der Waals surface area contributed by atoms with Crippen molar-refractivity contribution in [3.63, 3.8) is 0 Å². The lowest BCUT2D eigenvalue weighted by atomic mass is 9.96. The van der Waals surface area contributed by atoms with Gasteiger partial charge in [-0.05, 0) is 30.9 Å². The van der Waals surface area contributed by atoms with E-state index >= 15 is 0 Å². The topological polar surface area (TPSA) is 125 Å². The van der Waals surface area contributed by atoms with Gasteiger partial charge in [0.25, 0.3) is 0 Å². The van der Waals surface area contributed by atoms with E-state index < -0.39 is 42.5 Å². The van der Waals surface area contributed by atoms with Crippen LogP contribution in [-0.4, -0.2) is 64.4 Å². The van der Waals surface area contributed by atoms with Crippen molar-refractivity contribution >= 4 is 11.9 Å². The molecular formula is C22H33NO7. The lowest BCUT2D eigenvalue weighted by molar-refractivity contribution is -0.255. The van der Waals surface area contributed by atoms with Crippen LogP contribution < -0.4 is 5.32 Å². The Morgan fingerprint density at radius 1 is 1.10 bits per heavy atom. The summed E-state index contributed by atoms with van der Waals surface area (Å²) in [6, 6.07) is 6.58. The molecule has 2 rings (SSSR count). The predicted molar refractivity (Wildman–Crippen MR) is 110 cm³/mol. The van der Waals surface area contributed by atoms with Crippen molar-refractivity contribution in [1.29, 1.82) is 0 Å². The van der Waals surface area contributed by atoms with Crippen molar-refractivity contribution in [2.75, 3.05) is 6.61 Å². The number of esters is 1. The minimum absolute atomic E-state index is 0.227. The van der Waals surface area contributed by atoms with Crippen LogP contribution in [0.25, 0.3) is 0 Å². The summed E-state index contributed by atoms with van der Waals surface area (Å²) in [5.41, 5.74) is 2.01. The molecule has 0 aromatic heterocycles. The molecule has 1 heterocycles. The van der Waals surface area contributed by atoms with Crippen LogP contribution >= 0.6 is 0 Å². The summed E-state index contributed by atoms with van der Waals surface area (Å²) in [6.07, 6.45) is -2.69. The lowest BCUT2D eigenvalue weighted by Gasteiger charge is -2.40. The van der Waals surface area contributed by atoms with Gasteiger partial charge in [-0.2, -0.15) is 0 Å². The molecule has 1 aromatic carbocycles. The average molecular weight is 424 g/mol. The van der Waals surface area contributed by atoms with E-state index in [1.54, 1.807) is 6.92 Å². The first-order valence-electron chi connectivity index (χ1n) is 10.5. The van der Waals surface area contributed by atoms with Gasteiger partial charge in [0.15, 0.2) is 6.29 Å². The summed E-state index contributed by atoms with van der Waals surface area (Å²) >= 11 is 0. The Hall–Kier alpha value is -2.00. The third kappa shape index (κ3) is 6.25. The summed E-state index contributed by atoms with van der Waals surface area (Å²) in [7, 11) is 0. The highest BCUT2D eigenvalue weighted by Gasteiger charge is 2.45. The molecule has 8 heteroatoms. The van der Waals surface area contributed by atoms with Gasteiger partial charge in [-0.1, -0.05) is 44.5 Å². The first kappa shape index (κ1) is 24.3. The van der Waals surface area contributed by atoms with Crippen LogP contribution in [0.3, 0.4) is 0 Å². The predicted octanol–water partition coefficient (Wildman–Crippen LogP) is 1.01. The molecule has 8 nitrogen and oxygen atoms in total. The number of ether oxygens (including phenoxy) is 2. The second-order valence-corrected chi connectivity index (χ2v) is 7.73. The summed E-state index contributed by atoms with van der Waals surface area (Å²) in [5, 5.41) is 33.1. The molecule has 30 heavy (non-hydrogen) atoms. The third-order valence-electron chi connectivity index (χ3n) is 5.29. The SMILES string of the molecule is CCCC(=O)N[C@H]1C(O)O[C@H](COC(=O)C(C)c2ccc(CCC)cc2)[C@@H](O)[C@@H]1O. The van der Waals surface area contributed by atoms with Gasteiger partial charge in [-0.3, -0.25) is 9.59 Å². The van der Waals surface area contributed by atoms with Crippen molar-refractivity contribution in [3.05, 3.63) is 35.4 Å². The fourth-order valence-corrected chi connectivity index (χ4v) is 3.41. The van der Waals surface area contributed by atoms with Crippen molar-refractivity contribution in [1.82, 2.24) is 5.32 Å². The maximum atomic E-state index is 12.4. The van der Waals surface area contributed by atoms with Gasteiger partial charge in [0.2, 0.25) is 5.91 Å². The number of amides is 1. The van der Waals surface area contributed by atoms with Crippen LogP contribution in [-0.2, 0) is 25.5 Å². The van der Waals surface area contributed by atoms with Gasteiger partial charge in [-0.15, -0.1) is 0 Å². The van der Waals surface area contributed by atoms with Gasteiger partial charge in [0.1, 0.15) is 31.0 Å². The van der Waals surface area contributed by atoms with E-state index in [0.717, 1.165) is 18.4 Å². The van der Waals surface area contributed by atoms with Gasteiger partial charge >= 0.3 is 5.97 Å². The van der Waals surface area contributed by atoms with E-state index in [4.69, 9.17) is 9.47 Å². The van der Waals surface area contributed by atoms with Crippen molar-refractivity contribution < 1.29 is 34.4 Å². The number of rotatable bonds is 9. The van der Waals surface area contributed by atoms with E-state index in [0.29, 0.717) is 6.42 Å². The van der Waals surface area contributed by atoms with E-state index in [-0.39, 0.29) is 18.9 Å². The van der Waals surface area contributed by atoms with Crippen molar-refractivity contribution in [3.8, 4) is 0 Å². The third-order valence-corrected chi connectivity index (χ3v) is 5.29. The molecule has 1 aliphatic heterocycles. The van der Waals surface area contributed by atoms with Gasteiger partial charge in [0, 0.05) is 6.42 Å². The highest BCUT2D eigenvalue weighted by molar-refractivity contribution is 5.77. The number of benzene rings is 1. The second kappa shape index (κ2) is 11.4. The molecule has 168 valence electrons. The summed E-state index contributed by atoms with van der Waals surface area (Å²) < 4.78 is 10.6. The lowest BCUT2D eigenvalue weighted by Crippen LogP contribution is -2.64. The zero-order chi connectivity index (χ0) is 22.3. The summed E-state index contributed by atoms with van der Waals surface area (Å²) in [4.78, 5) is 24.1. The van der Waals surface area contributed by atoms with E-state index in [1.807, 2.05) is 31.2 Å². The Morgan fingerprint density at radius 3 is 2.37 bits per heavy atom. The molecule has 2 unspecified atom stereocenters.